The van der Waals surface area contributed by atoms with Crippen molar-refractivity contribution in [3.8, 4) is 0 Å². The lowest BCUT2D eigenvalue weighted by Crippen LogP contribution is -2.39. The van der Waals surface area contributed by atoms with Crippen LogP contribution in [0.2, 0.25) is 0 Å². The van der Waals surface area contributed by atoms with Crippen molar-refractivity contribution in [1.82, 2.24) is 0 Å². The van der Waals surface area contributed by atoms with Crippen LogP contribution in [0.5, 0.6) is 0 Å². The van der Waals surface area contributed by atoms with Gasteiger partial charge >= 0.3 is 0 Å². The maximum absolute atomic E-state index is 12.7. The van der Waals surface area contributed by atoms with Crippen LogP contribution < -0.4 is 0 Å². The van der Waals surface area contributed by atoms with Gasteiger partial charge < -0.3 is 0 Å². The molecule has 0 N–H and O–H groups in total. The van der Waals surface area contributed by atoms with Crippen LogP contribution in [0.4, 0.5) is 8.78 Å². The predicted octanol–water partition coefficient (Wildman–Crippen LogP) is 3.47. The molecule has 1 aliphatic carbocycles. The molecule has 0 radical (unpaired) electrons. The summed E-state index contributed by atoms with van der Waals surface area (Å²) in [6, 6.07) is 0. The summed E-state index contributed by atoms with van der Waals surface area (Å²) in [6.07, 6.45) is 2.58. The highest BCUT2D eigenvalue weighted by Crippen LogP contribution is 2.46. The molecule has 1 aliphatic rings. The minimum absolute atomic E-state index is 0.119. The molecule has 0 heterocycles. The standard InChI is InChI=1S/C9H16F2/c1-3-7(2)6-8-4-5-9(8,10)11/h7-8H,3-6H2,1-2H3. The van der Waals surface area contributed by atoms with E-state index in [1.807, 2.05) is 0 Å². The van der Waals surface area contributed by atoms with Gasteiger partial charge in [0.25, 0.3) is 5.92 Å². The molecule has 0 amide bonds. The zero-order chi connectivity index (χ0) is 8.48. The van der Waals surface area contributed by atoms with Gasteiger partial charge in [0.15, 0.2) is 0 Å². The fourth-order valence-corrected chi connectivity index (χ4v) is 1.51. The van der Waals surface area contributed by atoms with E-state index in [-0.39, 0.29) is 12.3 Å². The van der Waals surface area contributed by atoms with Gasteiger partial charge in [-0.05, 0) is 18.8 Å². The highest BCUT2D eigenvalue weighted by molar-refractivity contribution is 4.88. The van der Waals surface area contributed by atoms with Crippen molar-refractivity contribution in [2.75, 3.05) is 0 Å². The molecule has 1 fully saturated rings. The first-order valence-electron chi connectivity index (χ1n) is 4.44. The van der Waals surface area contributed by atoms with Gasteiger partial charge in [0, 0.05) is 12.3 Å². The molecule has 1 saturated carbocycles. The summed E-state index contributed by atoms with van der Waals surface area (Å²) in [4.78, 5) is 0. The molecule has 0 aromatic heterocycles. The molecule has 0 nitrogen and oxygen atoms in total. The maximum Gasteiger partial charge on any atom is 0.250 e. The molecule has 0 aromatic carbocycles. The SMILES string of the molecule is CCC(C)CC1CCC1(F)F. The van der Waals surface area contributed by atoms with Crippen molar-refractivity contribution in [1.29, 1.82) is 0 Å². The van der Waals surface area contributed by atoms with Crippen LogP contribution in [-0.4, -0.2) is 5.92 Å². The first-order valence-corrected chi connectivity index (χ1v) is 4.44. The summed E-state index contributed by atoms with van der Waals surface area (Å²) in [7, 11) is 0. The summed E-state index contributed by atoms with van der Waals surface area (Å²) >= 11 is 0. The smallest absolute Gasteiger partial charge is 0.207 e. The van der Waals surface area contributed by atoms with Gasteiger partial charge in [-0.25, -0.2) is 8.78 Å². The monoisotopic (exact) mass is 162 g/mol. The Morgan fingerprint density at radius 3 is 2.45 bits per heavy atom. The minimum atomic E-state index is -2.33. The second-order valence-electron chi connectivity index (χ2n) is 3.75. The van der Waals surface area contributed by atoms with Crippen LogP contribution in [0.3, 0.4) is 0 Å². The van der Waals surface area contributed by atoms with E-state index in [2.05, 4.69) is 13.8 Å². The second kappa shape index (κ2) is 3.08. The van der Waals surface area contributed by atoms with E-state index < -0.39 is 5.92 Å². The molecule has 66 valence electrons. The van der Waals surface area contributed by atoms with E-state index in [1.54, 1.807) is 0 Å². The Hall–Kier alpha value is -0.140. The zero-order valence-corrected chi connectivity index (χ0v) is 7.24. The van der Waals surface area contributed by atoms with Gasteiger partial charge in [-0.1, -0.05) is 20.3 Å². The average Bonchev–Trinajstić information content (AvgIpc) is 1.98. The number of rotatable bonds is 3. The molecular formula is C9H16F2. The molecule has 0 aliphatic heterocycles. The number of alkyl halides is 2. The molecule has 0 saturated heterocycles. The Bertz CT molecular complexity index is 132. The first kappa shape index (κ1) is 8.95. The molecule has 0 spiro atoms. The van der Waals surface area contributed by atoms with E-state index in [0.717, 1.165) is 12.8 Å². The molecule has 2 unspecified atom stereocenters. The molecule has 0 aromatic rings. The van der Waals surface area contributed by atoms with Crippen molar-refractivity contribution in [3.05, 3.63) is 0 Å². The maximum atomic E-state index is 12.7. The third-order valence-corrected chi connectivity index (χ3v) is 2.81. The number of halogens is 2. The lowest BCUT2D eigenvalue weighted by Gasteiger charge is -2.37. The van der Waals surface area contributed by atoms with Crippen molar-refractivity contribution in [2.24, 2.45) is 11.8 Å². The van der Waals surface area contributed by atoms with Crippen LogP contribution in [0.15, 0.2) is 0 Å². The number of hydrogen-bond acceptors (Lipinski definition) is 0. The quantitative estimate of drug-likeness (QED) is 0.596. The fraction of sp³-hybridized carbons (Fsp3) is 1.00. The van der Waals surface area contributed by atoms with E-state index in [0.29, 0.717) is 12.3 Å². The first-order chi connectivity index (χ1) is 5.06. The van der Waals surface area contributed by atoms with Crippen LogP contribution >= 0.6 is 0 Å². The molecule has 0 bridgehead atoms. The third kappa shape index (κ3) is 1.91. The Balaban J connectivity index is 2.28. The van der Waals surface area contributed by atoms with Crippen molar-refractivity contribution in [2.45, 2.75) is 45.5 Å². The largest absolute Gasteiger partial charge is 0.250 e. The van der Waals surface area contributed by atoms with Gasteiger partial charge in [-0.2, -0.15) is 0 Å². The molecule has 1 rings (SSSR count). The summed E-state index contributed by atoms with van der Waals surface area (Å²) in [5.41, 5.74) is 0. The second-order valence-corrected chi connectivity index (χ2v) is 3.75. The Labute approximate surface area is 67.0 Å². The van der Waals surface area contributed by atoms with E-state index in [4.69, 9.17) is 0 Å². The normalized spacial score (nSPS) is 31.1. The summed E-state index contributed by atoms with van der Waals surface area (Å²) < 4.78 is 25.4. The van der Waals surface area contributed by atoms with Crippen LogP contribution in [0.25, 0.3) is 0 Å². The van der Waals surface area contributed by atoms with Gasteiger partial charge in [0.2, 0.25) is 0 Å². The van der Waals surface area contributed by atoms with E-state index in [1.165, 1.54) is 0 Å². The highest BCUT2D eigenvalue weighted by Gasteiger charge is 2.47. The predicted molar refractivity (Wildman–Crippen MR) is 41.7 cm³/mol. The highest BCUT2D eigenvalue weighted by atomic mass is 19.3. The summed E-state index contributed by atoms with van der Waals surface area (Å²) in [6.45, 7) is 4.11. The van der Waals surface area contributed by atoms with Crippen LogP contribution in [0, 0.1) is 11.8 Å². The lowest BCUT2D eigenvalue weighted by atomic mass is 9.75. The van der Waals surface area contributed by atoms with E-state index >= 15 is 0 Å². The Morgan fingerprint density at radius 2 is 2.18 bits per heavy atom. The molecular weight excluding hydrogens is 146 g/mol. The van der Waals surface area contributed by atoms with Crippen molar-refractivity contribution in [3.63, 3.8) is 0 Å². The number of hydrogen-bond donors (Lipinski definition) is 0. The van der Waals surface area contributed by atoms with Gasteiger partial charge in [-0.3, -0.25) is 0 Å². The molecule has 11 heavy (non-hydrogen) atoms. The topological polar surface area (TPSA) is 0 Å². The zero-order valence-electron chi connectivity index (χ0n) is 7.24. The van der Waals surface area contributed by atoms with E-state index in [9.17, 15) is 8.78 Å². The lowest BCUT2D eigenvalue weighted by molar-refractivity contribution is -0.138. The third-order valence-electron chi connectivity index (χ3n) is 2.81. The summed E-state index contributed by atoms with van der Waals surface area (Å²) in [5, 5.41) is 0. The summed E-state index contributed by atoms with van der Waals surface area (Å²) in [5.74, 6) is -2.17. The van der Waals surface area contributed by atoms with Gasteiger partial charge in [0.05, 0.1) is 0 Å². The minimum Gasteiger partial charge on any atom is -0.207 e. The molecule has 2 heteroatoms. The van der Waals surface area contributed by atoms with Crippen molar-refractivity contribution >= 4 is 0 Å². The van der Waals surface area contributed by atoms with Crippen LogP contribution in [0.1, 0.15) is 39.5 Å². The van der Waals surface area contributed by atoms with Gasteiger partial charge in [-0.15, -0.1) is 0 Å². The average molecular weight is 162 g/mol. The molecule has 2 atom stereocenters. The van der Waals surface area contributed by atoms with Crippen LogP contribution in [-0.2, 0) is 0 Å². The van der Waals surface area contributed by atoms with Gasteiger partial charge in [0.1, 0.15) is 0 Å². The fourth-order valence-electron chi connectivity index (χ4n) is 1.51. The Kier molecular flexibility index (Phi) is 2.50. The van der Waals surface area contributed by atoms with Crippen molar-refractivity contribution < 1.29 is 8.78 Å². The Morgan fingerprint density at radius 1 is 1.55 bits per heavy atom.